The van der Waals surface area contributed by atoms with Crippen LogP contribution >= 0.6 is 10.7 Å². The lowest BCUT2D eigenvalue weighted by Gasteiger charge is -2.04. The van der Waals surface area contributed by atoms with E-state index in [0.29, 0.717) is 17.4 Å². The second-order valence-corrected chi connectivity index (χ2v) is 7.38. The molecule has 0 N–H and O–H groups in total. The molecule has 0 aliphatic carbocycles. The van der Waals surface area contributed by atoms with E-state index in [1.165, 1.54) is 18.3 Å². The zero-order chi connectivity index (χ0) is 14.8. The molecule has 0 bridgehead atoms. The number of benzene rings is 1. The molecule has 3 nitrogen and oxygen atoms in total. The Bertz CT molecular complexity index is 709. The zero-order valence-corrected chi connectivity index (χ0v) is 12.8. The van der Waals surface area contributed by atoms with Gasteiger partial charge in [0.05, 0.1) is 0 Å². The number of hydrogen-bond donors (Lipinski definition) is 0. The third-order valence-electron chi connectivity index (χ3n) is 3.32. The fourth-order valence-corrected chi connectivity index (χ4v) is 3.37. The first-order valence-corrected chi connectivity index (χ1v) is 8.97. The first kappa shape index (κ1) is 15.3. The summed E-state index contributed by atoms with van der Waals surface area (Å²) in [6, 6.07) is 4.14. The highest BCUT2D eigenvalue weighted by Gasteiger charge is 2.19. The molecule has 0 fully saturated rings. The van der Waals surface area contributed by atoms with Crippen molar-refractivity contribution in [3.05, 3.63) is 30.2 Å². The van der Waals surface area contributed by atoms with Crippen molar-refractivity contribution in [3.63, 3.8) is 0 Å². The van der Waals surface area contributed by atoms with Gasteiger partial charge in [-0.15, -0.1) is 0 Å². The molecule has 0 saturated heterocycles. The molecule has 2 rings (SSSR count). The van der Waals surface area contributed by atoms with E-state index in [1.807, 2.05) is 4.57 Å². The van der Waals surface area contributed by atoms with Crippen LogP contribution in [0.5, 0.6) is 0 Å². The summed E-state index contributed by atoms with van der Waals surface area (Å²) < 4.78 is 38.3. The maximum atomic E-state index is 13.3. The van der Waals surface area contributed by atoms with Crippen LogP contribution in [-0.4, -0.2) is 13.0 Å². The van der Waals surface area contributed by atoms with Gasteiger partial charge in [0.2, 0.25) is 0 Å². The molecule has 0 spiro atoms. The highest BCUT2D eigenvalue weighted by Crippen LogP contribution is 2.29. The van der Waals surface area contributed by atoms with Crippen LogP contribution in [0.15, 0.2) is 29.3 Å². The first-order chi connectivity index (χ1) is 9.43. The summed E-state index contributed by atoms with van der Waals surface area (Å²) in [6.45, 7) is 2.83. The van der Waals surface area contributed by atoms with Gasteiger partial charge in [-0.2, -0.15) is 0 Å². The van der Waals surface area contributed by atoms with Gasteiger partial charge < -0.3 is 4.57 Å². The predicted octanol–water partition coefficient (Wildman–Crippen LogP) is 4.29. The Labute approximate surface area is 122 Å². The number of hydrogen-bond acceptors (Lipinski definition) is 2. The van der Waals surface area contributed by atoms with E-state index in [0.717, 1.165) is 25.7 Å². The van der Waals surface area contributed by atoms with E-state index in [-0.39, 0.29) is 4.90 Å². The SMILES string of the molecule is CCCCCCn1cc(S(=O)(=O)Cl)c2cc(F)ccc21. The maximum Gasteiger partial charge on any atom is 0.263 e. The summed E-state index contributed by atoms with van der Waals surface area (Å²) in [4.78, 5) is -0.0239. The molecule has 1 heterocycles. The Morgan fingerprint density at radius 3 is 2.65 bits per heavy atom. The van der Waals surface area contributed by atoms with Crippen molar-refractivity contribution in [2.24, 2.45) is 0 Å². The molecular weight excluding hydrogens is 301 g/mol. The van der Waals surface area contributed by atoms with Crippen LogP contribution in [0.1, 0.15) is 32.6 Å². The van der Waals surface area contributed by atoms with E-state index in [2.05, 4.69) is 6.92 Å². The van der Waals surface area contributed by atoms with Crippen molar-refractivity contribution in [2.45, 2.75) is 44.0 Å². The van der Waals surface area contributed by atoms with Crippen LogP contribution in [0.2, 0.25) is 0 Å². The minimum atomic E-state index is -3.88. The highest BCUT2D eigenvalue weighted by atomic mass is 35.7. The molecular formula is C14H17ClFNO2S. The average Bonchev–Trinajstić information content (AvgIpc) is 2.72. The van der Waals surface area contributed by atoms with Crippen molar-refractivity contribution in [1.82, 2.24) is 4.57 Å². The van der Waals surface area contributed by atoms with Crippen LogP contribution in [0.4, 0.5) is 4.39 Å². The second-order valence-electron chi connectivity index (χ2n) is 4.85. The van der Waals surface area contributed by atoms with Crippen LogP contribution in [0.25, 0.3) is 10.9 Å². The molecule has 6 heteroatoms. The average molecular weight is 318 g/mol. The number of rotatable bonds is 6. The molecule has 0 aliphatic rings. The second kappa shape index (κ2) is 6.14. The molecule has 0 atom stereocenters. The maximum absolute atomic E-state index is 13.3. The van der Waals surface area contributed by atoms with Gasteiger partial charge in [-0.3, -0.25) is 0 Å². The summed E-state index contributed by atoms with van der Waals surface area (Å²) in [5, 5.41) is 0.343. The smallest absolute Gasteiger partial charge is 0.263 e. The van der Waals surface area contributed by atoms with Crippen LogP contribution in [-0.2, 0) is 15.6 Å². The largest absolute Gasteiger partial charge is 0.346 e. The van der Waals surface area contributed by atoms with Gasteiger partial charge in [0, 0.05) is 34.3 Å². The van der Waals surface area contributed by atoms with Crippen molar-refractivity contribution in [1.29, 1.82) is 0 Å². The first-order valence-electron chi connectivity index (χ1n) is 6.66. The molecule has 0 saturated carbocycles. The number of unbranched alkanes of at least 4 members (excludes halogenated alkanes) is 3. The third-order valence-corrected chi connectivity index (χ3v) is 4.67. The molecule has 0 radical (unpaired) electrons. The summed E-state index contributed by atoms with van der Waals surface area (Å²) in [6.07, 6.45) is 5.82. The van der Waals surface area contributed by atoms with Gasteiger partial charge in [-0.25, -0.2) is 12.8 Å². The fraction of sp³-hybridized carbons (Fsp3) is 0.429. The minimum Gasteiger partial charge on any atom is -0.346 e. The van der Waals surface area contributed by atoms with E-state index in [4.69, 9.17) is 10.7 Å². The normalized spacial score (nSPS) is 12.2. The summed E-state index contributed by atoms with van der Waals surface area (Å²) in [5.74, 6) is -0.470. The lowest BCUT2D eigenvalue weighted by Crippen LogP contribution is -1.96. The van der Waals surface area contributed by atoms with Gasteiger partial charge >= 0.3 is 0 Å². The monoisotopic (exact) mass is 317 g/mol. The third kappa shape index (κ3) is 3.33. The molecule has 20 heavy (non-hydrogen) atoms. The molecule has 2 aromatic rings. The Balaban J connectivity index is 2.40. The number of halogens is 2. The van der Waals surface area contributed by atoms with Crippen molar-refractivity contribution in [2.75, 3.05) is 0 Å². The van der Waals surface area contributed by atoms with Crippen LogP contribution in [0, 0.1) is 5.82 Å². The topological polar surface area (TPSA) is 39.1 Å². The molecule has 0 amide bonds. The van der Waals surface area contributed by atoms with Crippen molar-refractivity contribution in [3.8, 4) is 0 Å². The lowest BCUT2D eigenvalue weighted by atomic mass is 10.2. The predicted molar refractivity (Wildman–Crippen MR) is 79.1 cm³/mol. The fourth-order valence-electron chi connectivity index (χ4n) is 2.32. The summed E-state index contributed by atoms with van der Waals surface area (Å²) >= 11 is 0. The Kier molecular flexibility index (Phi) is 4.70. The zero-order valence-electron chi connectivity index (χ0n) is 11.3. The van der Waals surface area contributed by atoms with Gasteiger partial charge in [0.15, 0.2) is 0 Å². The molecule has 1 aromatic carbocycles. The minimum absolute atomic E-state index is 0.0239. The molecule has 0 aliphatic heterocycles. The van der Waals surface area contributed by atoms with Gasteiger partial charge in [-0.1, -0.05) is 26.2 Å². The number of nitrogens with zero attached hydrogens (tertiary/aromatic N) is 1. The number of aryl methyl sites for hydroxylation is 1. The highest BCUT2D eigenvalue weighted by molar-refractivity contribution is 8.14. The van der Waals surface area contributed by atoms with Crippen molar-refractivity contribution < 1.29 is 12.8 Å². The number of fused-ring (bicyclic) bond motifs is 1. The van der Waals surface area contributed by atoms with E-state index < -0.39 is 14.9 Å². The standard InChI is InChI=1S/C14H17ClFNO2S/c1-2-3-4-5-8-17-10-14(20(15,18)19)12-9-11(16)6-7-13(12)17/h6-7,9-10H,2-5,8H2,1H3. The Morgan fingerprint density at radius 1 is 1.25 bits per heavy atom. The summed E-state index contributed by atoms with van der Waals surface area (Å²) in [5.41, 5.74) is 0.696. The van der Waals surface area contributed by atoms with E-state index in [1.54, 1.807) is 6.07 Å². The quantitative estimate of drug-likeness (QED) is 0.589. The van der Waals surface area contributed by atoms with Gasteiger partial charge in [-0.05, 0) is 24.6 Å². The molecule has 1 aromatic heterocycles. The Hall–Kier alpha value is -1.07. The van der Waals surface area contributed by atoms with Crippen LogP contribution < -0.4 is 0 Å². The van der Waals surface area contributed by atoms with Gasteiger partial charge in [0.25, 0.3) is 9.05 Å². The van der Waals surface area contributed by atoms with Gasteiger partial charge in [0.1, 0.15) is 10.7 Å². The lowest BCUT2D eigenvalue weighted by molar-refractivity contribution is 0.589. The Morgan fingerprint density at radius 2 is 2.00 bits per heavy atom. The summed E-state index contributed by atoms with van der Waals surface area (Å²) in [7, 11) is 1.55. The van der Waals surface area contributed by atoms with E-state index >= 15 is 0 Å². The molecule has 0 unspecified atom stereocenters. The van der Waals surface area contributed by atoms with Crippen molar-refractivity contribution >= 4 is 30.6 Å². The van der Waals surface area contributed by atoms with E-state index in [9.17, 15) is 12.8 Å². The number of aromatic nitrogens is 1. The van der Waals surface area contributed by atoms with Crippen LogP contribution in [0.3, 0.4) is 0 Å². The molecule has 110 valence electrons.